The Morgan fingerprint density at radius 2 is 0.889 bits per heavy atom. The molecular formula is C32H62O4. The highest BCUT2D eigenvalue weighted by Gasteiger charge is 2.09. The van der Waals surface area contributed by atoms with Crippen molar-refractivity contribution in [3.8, 4) is 0 Å². The number of unbranched alkanes of at least 4 members (excludes halogenated alkanes) is 19. The molecule has 214 valence electrons. The molecule has 0 saturated carbocycles. The van der Waals surface area contributed by atoms with Gasteiger partial charge in [-0.05, 0) is 39.0 Å². The van der Waals surface area contributed by atoms with E-state index in [0.29, 0.717) is 19.4 Å². The van der Waals surface area contributed by atoms with Gasteiger partial charge in [-0.25, -0.2) is 0 Å². The van der Waals surface area contributed by atoms with Crippen molar-refractivity contribution in [3.05, 3.63) is 0 Å². The molecule has 1 unspecified atom stereocenters. The quantitative estimate of drug-likeness (QED) is 0.0775. The number of esters is 2. The molecule has 0 amide bonds. The molecule has 0 fully saturated rings. The number of ether oxygens (including phenoxy) is 2. The van der Waals surface area contributed by atoms with Crippen LogP contribution in [0.5, 0.6) is 0 Å². The average molecular weight is 511 g/mol. The van der Waals surface area contributed by atoms with E-state index in [1.54, 1.807) is 0 Å². The van der Waals surface area contributed by atoms with Gasteiger partial charge in [0, 0.05) is 12.8 Å². The Morgan fingerprint density at radius 1 is 0.500 bits per heavy atom. The normalized spacial score (nSPS) is 12.0. The summed E-state index contributed by atoms with van der Waals surface area (Å²) in [5.74, 6) is -0.0847. The van der Waals surface area contributed by atoms with Gasteiger partial charge in [0.25, 0.3) is 0 Å². The number of carbonyl (C=O) groups excluding carboxylic acids is 2. The van der Waals surface area contributed by atoms with Gasteiger partial charge in [-0.3, -0.25) is 9.59 Å². The van der Waals surface area contributed by atoms with Crippen LogP contribution < -0.4 is 0 Å². The Hall–Kier alpha value is -1.06. The third kappa shape index (κ3) is 27.5. The van der Waals surface area contributed by atoms with E-state index in [1.165, 1.54) is 89.9 Å². The van der Waals surface area contributed by atoms with Crippen molar-refractivity contribution < 1.29 is 19.1 Å². The van der Waals surface area contributed by atoms with E-state index in [4.69, 9.17) is 9.47 Å². The molecule has 4 nitrogen and oxygen atoms in total. The molecule has 4 heteroatoms. The van der Waals surface area contributed by atoms with Gasteiger partial charge in [-0.1, -0.05) is 129 Å². The summed E-state index contributed by atoms with van der Waals surface area (Å²) in [5, 5.41) is 0. The SMILES string of the molecule is CCCCCCCCCCCCCCOC(=O)CCCCCCCCC(=O)OC(C)CCCCCC. The predicted molar refractivity (Wildman–Crippen MR) is 153 cm³/mol. The lowest BCUT2D eigenvalue weighted by atomic mass is 10.1. The van der Waals surface area contributed by atoms with Gasteiger partial charge >= 0.3 is 11.9 Å². The molecule has 0 aliphatic rings. The van der Waals surface area contributed by atoms with E-state index < -0.39 is 0 Å². The summed E-state index contributed by atoms with van der Waals surface area (Å²) in [6.07, 6.45) is 29.0. The monoisotopic (exact) mass is 510 g/mol. The summed E-state index contributed by atoms with van der Waals surface area (Å²) in [5.41, 5.74) is 0. The Bertz CT molecular complexity index is 477. The minimum Gasteiger partial charge on any atom is -0.466 e. The van der Waals surface area contributed by atoms with Gasteiger partial charge < -0.3 is 9.47 Å². The minimum absolute atomic E-state index is 0.0374. The second-order valence-corrected chi connectivity index (χ2v) is 10.9. The zero-order chi connectivity index (χ0) is 26.5. The Balaban J connectivity index is 3.31. The van der Waals surface area contributed by atoms with Crippen LogP contribution in [0.1, 0.15) is 181 Å². The van der Waals surface area contributed by atoms with Crippen LogP contribution in [0, 0.1) is 0 Å². The molecule has 1 atom stereocenters. The summed E-state index contributed by atoms with van der Waals surface area (Å²) in [7, 11) is 0. The standard InChI is InChI=1S/C32H62O4/c1-4-6-8-10-11-12-13-14-15-18-21-25-29-35-31(33)27-23-19-16-17-20-24-28-32(34)36-30(3)26-22-9-7-5-2/h30H,4-29H2,1-3H3. The van der Waals surface area contributed by atoms with Crippen LogP contribution in [0.15, 0.2) is 0 Å². The molecule has 0 radical (unpaired) electrons. The number of hydrogen-bond donors (Lipinski definition) is 0. The fourth-order valence-electron chi connectivity index (χ4n) is 4.65. The summed E-state index contributed by atoms with van der Waals surface area (Å²) in [4.78, 5) is 23.8. The van der Waals surface area contributed by atoms with Crippen molar-refractivity contribution in [1.82, 2.24) is 0 Å². The lowest BCUT2D eigenvalue weighted by Crippen LogP contribution is -2.14. The van der Waals surface area contributed by atoms with Crippen LogP contribution in [-0.4, -0.2) is 24.6 Å². The number of hydrogen-bond acceptors (Lipinski definition) is 4. The van der Waals surface area contributed by atoms with E-state index in [-0.39, 0.29) is 18.0 Å². The van der Waals surface area contributed by atoms with E-state index in [2.05, 4.69) is 13.8 Å². The first-order valence-corrected chi connectivity index (χ1v) is 15.9. The van der Waals surface area contributed by atoms with Crippen LogP contribution in [0.25, 0.3) is 0 Å². The van der Waals surface area contributed by atoms with Gasteiger partial charge in [0.2, 0.25) is 0 Å². The molecule has 0 bridgehead atoms. The fraction of sp³-hybridized carbons (Fsp3) is 0.938. The van der Waals surface area contributed by atoms with Crippen LogP contribution in [0.4, 0.5) is 0 Å². The van der Waals surface area contributed by atoms with Crippen molar-refractivity contribution >= 4 is 11.9 Å². The molecule has 0 heterocycles. The van der Waals surface area contributed by atoms with Crippen LogP contribution in [0.3, 0.4) is 0 Å². The molecule has 0 saturated heterocycles. The second kappa shape index (κ2) is 28.5. The first kappa shape index (κ1) is 34.9. The van der Waals surface area contributed by atoms with Gasteiger partial charge in [-0.15, -0.1) is 0 Å². The lowest BCUT2D eigenvalue weighted by molar-refractivity contribution is -0.148. The Labute approximate surface area is 225 Å². The zero-order valence-electron chi connectivity index (χ0n) is 24.6. The van der Waals surface area contributed by atoms with Gasteiger partial charge in [0.05, 0.1) is 12.7 Å². The first-order chi connectivity index (χ1) is 17.6. The highest BCUT2D eigenvalue weighted by atomic mass is 16.5. The number of rotatable bonds is 28. The van der Waals surface area contributed by atoms with Crippen molar-refractivity contribution in [3.63, 3.8) is 0 Å². The molecule has 36 heavy (non-hydrogen) atoms. The molecule has 0 spiro atoms. The molecular weight excluding hydrogens is 448 g/mol. The molecule has 0 aromatic heterocycles. The maximum Gasteiger partial charge on any atom is 0.306 e. The maximum absolute atomic E-state index is 11.9. The third-order valence-corrected chi connectivity index (χ3v) is 7.07. The fourth-order valence-corrected chi connectivity index (χ4v) is 4.65. The van der Waals surface area contributed by atoms with Crippen molar-refractivity contribution in [2.75, 3.05) is 6.61 Å². The third-order valence-electron chi connectivity index (χ3n) is 7.07. The lowest BCUT2D eigenvalue weighted by Gasteiger charge is -2.13. The summed E-state index contributed by atoms with van der Waals surface area (Å²) in [6.45, 7) is 7.07. The van der Waals surface area contributed by atoms with Gasteiger partial charge in [-0.2, -0.15) is 0 Å². The predicted octanol–water partition coefficient (Wildman–Crippen LogP) is 10.3. The molecule has 0 aromatic rings. The summed E-state index contributed by atoms with van der Waals surface area (Å²) < 4.78 is 10.9. The van der Waals surface area contributed by atoms with Crippen molar-refractivity contribution in [1.29, 1.82) is 0 Å². The highest BCUT2D eigenvalue weighted by Crippen LogP contribution is 2.14. The second-order valence-electron chi connectivity index (χ2n) is 10.9. The van der Waals surface area contributed by atoms with Crippen molar-refractivity contribution in [2.45, 2.75) is 187 Å². The molecule has 0 rings (SSSR count). The highest BCUT2D eigenvalue weighted by molar-refractivity contribution is 5.69. The van der Waals surface area contributed by atoms with Gasteiger partial charge in [0.1, 0.15) is 0 Å². The molecule has 0 aliphatic carbocycles. The van der Waals surface area contributed by atoms with Gasteiger partial charge in [0.15, 0.2) is 0 Å². The first-order valence-electron chi connectivity index (χ1n) is 15.9. The Kier molecular flexibility index (Phi) is 27.7. The molecule has 0 N–H and O–H groups in total. The average Bonchev–Trinajstić information content (AvgIpc) is 2.86. The number of carbonyl (C=O) groups is 2. The molecule has 0 aliphatic heterocycles. The summed E-state index contributed by atoms with van der Waals surface area (Å²) >= 11 is 0. The smallest absolute Gasteiger partial charge is 0.306 e. The largest absolute Gasteiger partial charge is 0.466 e. The van der Waals surface area contributed by atoms with Crippen LogP contribution in [-0.2, 0) is 19.1 Å². The van der Waals surface area contributed by atoms with E-state index in [9.17, 15) is 9.59 Å². The van der Waals surface area contributed by atoms with E-state index >= 15 is 0 Å². The Morgan fingerprint density at radius 3 is 1.39 bits per heavy atom. The zero-order valence-corrected chi connectivity index (χ0v) is 24.6. The van der Waals surface area contributed by atoms with E-state index in [0.717, 1.165) is 57.8 Å². The molecule has 0 aromatic carbocycles. The van der Waals surface area contributed by atoms with Crippen LogP contribution >= 0.6 is 0 Å². The minimum atomic E-state index is -0.0473. The topological polar surface area (TPSA) is 52.6 Å². The van der Waals surface area contributed by atoms with E-state index in [1.807, 2.05) is 6.92 Å². The van der Waals surface area contributed by atoms with Crippen LogP contribution in [0.2, 0.25) is 0 Å². The maximum atomic E-state index is 11.9. The van der Waals surface area contributed by atoms with Crippen molar-refractivity contribution in [2.24, 2.45) is 0 Å². The summed E-state index contributed by atoms with van der Waals surface area (Å²) in [6, 6.07) is 0.